The number of hydrogen-bond donors (Lipinski definition) is 0. The zero-order valence-electron chi connectivity index (χ0n) is 13.0. The Bertz CT molecular complexity index is 848. The lowest BCUT2D eigenvalue weighted by atomic mass is 10.1. The standard InChI is InChI=1S/C21H18O2/c1-16-14-15-18-11-5-6-12-19(18)21(16)23-20(22)13-7-10-17-8-3-2-4-9-17/h2-12,14-15H,13H2,1H3/b10-7+. The normalized spacial score (nSPS) is 11.0. The first-order valence-corrected chi connectivity index (χ1v) is 7.64. The van der Waals surface area contributed by atoms with Crippen LogP contribution in [0, 0.1) is 6.92 Å². The van der Waals surface area contributed by atoms with E-state index in [1.165, 1.54) is 0 Å². The maximum Gasteiger partial charge on any atom is 0.315 e. The first-order chi connectivity index (χ1) is 11.2. The van der Waals surface area contributed by atoms with Crippen LogP contribution in [0.25, 0.3) is 16.8 Å². The van der Waals surface area contributed by atoms with Gasteiger partial charge in [0.05, 0.1) is 6.42 Å². The van der Waals surface area contributed by atoms with Gasteiger partial charge in [-0.15, -0.1) is 0 Å². The molecule has 0 radical (unpaired) electrons. The number of hydrogen-bond acceptors (Lipinski definition) is 2. The number of rotatable bonds is 4. The van der Waals surface area contributed by atoms with Crippen LogP contribution in [0.5, 0.6) is 5.75 Å². The highest BCUT2D eigenvalue weighted by Gasteiger charge is 2.09. The number of aryl methyl sites for hydroxylation is 1. The molecule has 0 aliphatic heterocycles. The lowest BCUT2D eigenvalue weighted by molar-refractivity contribution is -0.133. The summed E-state index contributed by atoms with van der Waals surface area (Å²) in [5, 5.41) is 2.04. The minimum absolute atomic E-state index is 0.248. The second-order valence-corrected chi connectivity index (χ2v) is 5.42. The summed E-state index contributed by atoms with van der Waals surface area (Å²) in [6.45, 7) is 1.95. The van der Waals surface area contributed by atoms with Crippen LogP contribution in [0.15, 0.2) is 72.8 Å². The van der Waals surface area contributed by atoms with Gasteiger partial charge in [-0.05, 0) is 23.4 Å². The van der Waals surface area contributed by atoms with Crippen molar-refractivity contribution in [2.75, 3.05) is 0 Å². The van der Waals surface area contributed by atoms with E-state index in [2.05, 4.69) is 0 Å². The van der Waals surface area contributed by atoms with Crippen molar-refractivity contribution in [3.8, 4) is 5.75 Å². The second-order valence-electron chi connectivity index (χ2n) is 5.42. The molecule has 0 fully saturated rings. The highest BCUT2D eigenvalue weighted by Crippen LogP contribution is 2.29. The SMILES string of the molecule is Cc1ccc2ccccc2c1OC(=O)C/C=C/c1ccccc1. The quantitative estimate of drug-likeness (QED) is 0.491. The predicted octanol–water partition coefficient (Wildman–Crippen LogP) is 5.16. The van der Waals surface area contributed by atoms with Gasteiger partial charge in [0.15, 0.2) is 0 Å². The highest BCUT2D eigenvalue weighted by molar-refractivity contribution is 5.91. The van der Waals surface area contributed by atoms with E-state index >= 15 is 0 Å². The smallest absolute Gasteiger partial charge is 0.315 e. The lowest BCUT2D eigenvalue weighted by Gasteiger charge is -2.10. The van der Waals surface area contributed by atoms with Crippen molar-refractivity contribution in [2.45, 2.75) is 13.3 Å². The topological polar surface area (TPSA) is 26.3 Å². The van der Waals surface area contributed by atoms with E-state index in [4.69, 9.17) is 4.74 Å². The van der Waals surface area contributed by atoms with Gasteiger partial charge < -0.3 is 4.74 Å². The van der Waals surface area contributed by atoms with E-state index in [1.54, 1.807) is 0 Å². The van der Waals surface area contributed by atoms with Crippen molar-refractivity contribution in [2.24, 2.45) is 0 Å². The van der Waals surface area contributed by atoms with E-state index in [-0.39, 0.29) is 12.4 Å². The summed E-state index contributed by atoms with van der Waals surface area (Å²) in [6.07, 6.45) is 4.01. The summed E-state index contributed by atoms with van der Waals surface area (Å²) < 4.78 is 5.61. The molecule has 0 N–H and O–H groups in total. The molecule has 0 atom stereocenters. The van der Waals surface area contributed by atoms with E-state index in [0.717, 1.165) is 21.9 Å². The molecule has 0 saturated heterocycles. The predicted molar refractivity (Wildman–Crippen MR) is 94.4 cm³/mol. The third-order valence-electron chi connectivity index (χ3n) is 3.69. The molecule has 3 aromatic carbocycles. The molecule has 2 heteroatoms. The molecule has 0 amide bonds. The summed E-state index contributed by atoms with van der Waals surface area (Å²) in [5.41, 5.74) is 2.03. The van der Waals surface area contributed by atoms with Crippen molar-refractivity contribution in [1.82, 2.24) is 0 Å². The molecular weight excluding hydrogens is 284 g/mol. The number of ether oxygens (including phenoxy) is 1. The fraction of sp³-hybridized carbons (Fsp3) is 0.0952. The number of fused-ring (bicyclic) bond motifs is 1. The van der Waals surface area contributed by atoms with Gasteiger partial charge in [-0.2, -0.15) is 0 Å². The third kappa shape index (κ3) is 3.67. The summed E-state index contributed by atoms with van der Waals surface area (Å²) >= 11 is 0. The van der Waals surface area contributed by atoms with Gasteiger partial charge in [0, 0.05) is 5.39 Å². The Labute approximate surface area is 136 Å². The fourth-order valence-electron chi connectivity index (χ4n) is 2.50. The molecule has 0 saturated carbocycles. The number of carbonyl (C=O) groups excluding carboxylic acids is 1. The van der Waals surface area contributed by atoms with Crippen molar-refractivity contribution in [1.29, 1.82) is 0 Å². The molecule has 0 heterocycles. The molecule has 0 spiro atoms. The van der Waals surface area contributed by atoms with Crippen LogP contribution in [0.1, 0.15) is 17.5 Å². The summed E-state index contributed by atoms with van der Waals surface area (Å²) in [5.74, 6) is 0.401. The maximum atomic E-state index is 12.1. The molecule has 0 unspecified atom stereocenters. The van der Waals surface area contributed by atoms with Crippen molar-refractivity contribution < 1.29 is 9.53 Å². The molecule has 114 valence electrons. The van der Waals surface area contributed by atoms with Crippen LogP contribution in [0.3, 0.4) is 0 Å². The van der Waals surface area contributed by atoms with Crippen molar-refractivity contribution in [3.63, 3.8) is 0 Å². The van der Waals surface area contributed by atoms with Crippen molar-refractivity contribution in [3.05, 3.63) is 83.9 Å². The zero-order valence-corrected chi connectivity index (χ0v) is 13.0. The Kier molecular flexibility index (Phi) is 4.53. The lowest BCUT2D eigenvalue weighted by Crippen LogP contribution is -2.07. The summed E-state index contributed by atoms with van der Waals surface area (Å²) in [4.78, 5) is 12.1. The van der Waals surface area contributed by atoms with E-state index in [1.807, 2.05) is 85.8 Å². The Balaban J connectivity index is 1.73. The molecular formula is C21H18O2. The Hall–Kier alpha value is -2.87. The number of benzene rings is 3. The number of carbonyl (C=O) groups is 1. The maximum absolute atomic E-state index is 12.1. The number of esters is 1. The molecule has 0 aromatic heterocycles. The minimum Gasteiger partial charge on any atom is -0.425 e. The fourth-order valence-corrected chi connectivity index (χ4v) is 2.50. The largest absolute Gasteiger partial charge is 0.425 e. The van der Waals surface area contributed by atoms with E-state index < -0.39 is 0 Å². The molecule has 0 aliphatic rings. The van der Waals surface area contributed by atoms with Crippen LogP contribution in [-0.2, 0) is 4.79 Å². The molecule has 3 aromatic rings. The first-order valence-electron chi connectivity index (χ1n) is 7.64. The Morgan fingerprint density at radius 2 is 1.70 bits per heavy atom. The van der Waals surface area contributed by atoms with Crippen LogP contribution >= 0.6 is 0 Å². The Morgan fingerprint density at radius 3 is 2.52 bits per heavy atom. The summed E-state index contributed by atoms with van der Waals surface area (Å²) in [7, 11) is 0. The zero-order chi connectivity index (χ0) is 16.1. The van der Waals surface area contributed by atoms with Gasteiger partial charge in [0.25, 0.3) is 0 Å². The monoisotopic (exact) mass is 302 g/mol. The van der Waals surface area contributed by atoms with Gasteiger partial charge in [-0.3, -0.25) is 4.79 Å². The van der Waals surface area contributed by atoms with Gasteiger partial charge >= 0.3 is 5.97 Å². The molecule has 23 heavy (non-hydrogen) atoms. The van der Waals surface area contributed by atoms with Crippen molar-refractivity contribution >= 4 is 22.8 Å². The van der Waals surface area contributed by atoms with Gasteiger partial charge in [-0.1, -0.05) is 78.9 Å². The first kappa shape index (κ1) is 15.0. The summed E-state index contributed by atoms with van der Waals surface area (Å²) in [6, 6.07) is 21.8. The van der Waals surface area contributed by atoms with Gasteiger partial charge in [0.2, 0.25) is 0 Å². The molecule has 2 nitrogen and oxygen atoms in total. The van der Waals surface area contributed by atoms with Crippen LogP contribution in [0.2, 0.25) is 0 Å². The van der Waals surface area contributed by atoms with Crippen LogP contribution in [-0.4, -0.2) is 5.97 Å². The van der Waals surface area contributed by atoms with E-state index in [0.29, 0.717) is 5.75 Å². The average molecular weight is 302 g/mol. The Morgan fingerprint density at radius 1 is 0.957 bits per heavy atom. The molecule has 3 rings (SSSR count). The second kappa shape index (κ2) is 6.93. The molecule has 0 bridgehead atoms. The van der Waals surface area contributed by atoms with Gasteiger partial charge in [-0.25, -0.2) is 0 Å². The van der Waals surface area contributed by atoms with Crippen LogP contribution in [0.4, 0.5) is 0 Å². The van der Waals surface area contributed by atoms with Crippen LogP contribution < -0.4 is 4.74 Å². The minimum atomic E-state index is -0.253. The van der Waals surface area contributed by atoms with Gasteiger partial charge in [0.1, 0.15) is 5.75 Å². The molecule has 0 aliphatic carbocycles. The van der Waals surface area contributed by atoms with E-state index in [9.17, 15) is 4.79 Å². The highest BCUT2D eigenvalue weighted by atomic mass is 16.5. The average Bonchev–Trinajstić information content (AvgIpc) is 2.58. The third-order valence-corrected chi connectivity index (χ3v) is 3.69.